The molecule has 0 bridgehead atoms. The molecule has 0 saturated carbocycles. The van der Waals surface area contributed by atoms with Crippen LogP contribution < -0.4 is 16.0 Å². The van der Waals surface area contributed by atoms with Crippen molar-refractivity contribution in [3.63, 3.8) is 0 Å². The smallest absolute Gasteiger partial charge is 0.251 e. The molecule has 0 heterocycles. The Balaban J connectivity index is 1.74. The van der Waals surface area contributed by atoms with Crippen LogP contribution in [0.5, 0.6) is 0 Å². The van der Waals surface area contributed by atoms with Gasteiger partial charge in [-0.2, -0.15) is 0 Å². The molecule has 1 amide bonds. The van der Waals surface area contributed by atoms with Crippen molar-refractivity contribution in [1.82, 2.24) is 5.32 Å². The van der Waals surface area contributed by atoms with Crippen LogP contribution in [0.15, 0.2) is 42.5 Å². The van der Waals surface area contributed by atoms with E-state index in [1.165, 1.54) is 17.5 Å². The van der Waals surface area contributed by atoms with Crippen molar-refractivity contribution in [2.24, 2.45) is 5.73 Å². The van der Waals surface area contributed by atoms with Gasteiger partial charge in [0.25, 0.3) is 5.91 Å². The highest BCUT2D eigenvalue weighted by Crippen LogP contribution is 2.31. The van der Waals surface area contributed by atoms with Crippen LogP contribution in [0.1, 0.15) is 45.8 Å². The molecular weight excluding hydrogens is 310 g/mol. The van der Waals surface area contributed by atoms with E-state index in [4.69, 9.17) is 5.73 Å². The number of aryl methyl sites for hydroxylation is 1. The summed E-state index contributed by atoms with van der Waals surface area (Å²) in [7, 11) is 4.02. The number of hydrogen-bond acceptors (Lipinski definition) is 3. The molecule has 0 aliphatic heterocycles. The quantitative estimate of drug-likeness (QED) is 0.881. The first-order valence-corrected chi connectivity index (χ1v) is 8.96. The predicted octanol–water partition coefficient (Wildman–Crippen LogP) is 3.06. The molecule has 1 atom stereocenters. The Hall–Kier alpha value is -2.33. The molecule has 0 radical (unpaired) electrons. The zero-order chi connectivity index (χ0) is 17.8. The largest absolute Gasteiger partial charge is 0.377 e. The summed E-state index contributed by atoms with van der Waals surface area (Å²) in [6.07, 6.45) is 3.39. The number of hydrogen-bond donors (Lipinski definition) is 2. The second-order valence-corrected chi connectivity index (χ2v) is 6.94. The summed E-state index contributed by atoms with van der Waals surface area (Å²) in [5.74, 6) is 0.351. The minimum atomic E-state index is -0.0299. The van der Waals surface area contributed by atoms with E-state index in [-0.39, 0.29) is 5.91 Å². The topological polar surface area (TPSA) is 58.4 Å². The van der Waals surface area contributed by atoms with E-state index in [1.807, 2.05) is 44.4 Å². The van der Waals surface area contributed by atoms with Gasteiger partial charge in [0.2, 0.25) is 0 Å². The van der Waals surface area contributed by atoms with Crippen molar-refractivity contribution in [3.8, 4) is 0 Å². The highest BCUT2D eigenvalue weighted by Gasteiger charge is 2.20. The monoisotopic (exact) mass is 337 g/mol. The van der Waals surface area contributed by atoms with Crippen molar-refractivity contribution >= 4 is 11.6 Å². The molecule has 0 saturated heterocycles. The Morgan fingerprint density at radius 1 is 1.24 bits per heavy atom. The van der Waals surface area contributed by atoms with E-state index in [0.717, 1.165) is 29.7 Å². The maximum atomic E-state index is 12.6. The lowest BCUT2D eigenvalue weighted by Crippen LogP contribution is -2.25. The molecule has 4 heteroatoms. The number of carbonyl (C=O) groups excluding carboxylic acids is 1. The first-order chi connectivity index (χ1) is 12.1. The summed E-state index contributed by atoms with van der Waals surface area (Å²) >= 11 is 0. The summed E-state index contributed by atoms with van der Waals surface area (Å²) in [5, 5.41) is 3.05. The summed E-state index contributed by atoms with van der Waals surface area (Å²) in [6.45, 7) is 1.17. The van der Waals surface area contributed by atoms with Gasteiger partial charge in [0, 0.05) is 31.9 Å². The second-order valence-electron chi connectivity index (χ2n) is 6.94. The molecule has 0 spiro atoms. The molecule has 0 aromatic heterocycles. The number of rotatable bonds is 5. The molecule has 2 aromatic carbocycles. The SMILES string of the molecule is CN(C)c1ccccc1CNC(=O)c1ccc2c(c1)C(CN)CCC2. The van der Waals surface area contributed by atoms with Gasteiger partial charge in [-0.15, -0.1) is 0 Å². The number of nitrogens with two attached hydrogens (primary N) is 1. The maximum Gasteiger partial charge on any atom is 0.251 e. The third-order valence-electron chi connectivity index (χ3n) is 5.04. The van der Waals surface area contributed by atoms with Gasteiger partial charge in [-0.25, -0.2) is 0 Å². The highest BCUT2D eigenvalue weighted by molar-refractivity contribution is 5.94. The van der Waals surface area contributed by atoms with Crippen molar-refractivity contribution < 1.29 is 4.79 Å². The first kappa shape index (κ1) is 17.5. The van der Waals surface area contributed by atoms with Crippen LogP contribution >= 0.6 is 0 Å². The Kier molecular flexibility index (Phi) is 5.39. The molecule has 1 aliphatic carbocycles. The number of benzene rings is 2. The zero-order valence-electron chi connectivity index (χ0n) is 15.1. The first-order valence-electron chi connectivity index (χ1n) is 8.96. The molecule has 4 nitrogen and oxygen atoms in total. The van der Waals surface area contributed by atoms with E-state index >= 15 is 0 Å². The number of nitrogens with one attached hydrogen (secondary N) is 1. The molecule has 3 rings (SSSR count). The normalized spacial score (nSPS) is 16.2. The van der Waals surface area contributed by atoms with Gasteiger partial charge in [0.15, 0.2) is 0 Å². The standard InChI is InChI=1S/C21H27N3O/c1-24(2)20-9-4-3-6-18(20)14-23-21(25)16-11-10-15-7-5-8-17(13-22)19(15)12-16/h3-4,6,9-12,17H,5,7-8,13-14,22H2,1-2H3,(H,23,25). The van der Waals surface area contributed by atoms with Crippen LogP contribution in [0.4, 0.5) is 5.69 Å². The lowest BCUT2D eigenvalue weighted by molar-refractivity contribution is 0.0951. The fourth-order valence-corrected chi connectivity index (χ4v) is 3.66. The summed E-state index contributed by atoms with van der Waals surface area (Å²) in [6, 6.07) is 14.2. The van der Waals surface area contributed by atoms with Gasteiger partial charge in [0.05, 0.1) is 0 Å². The van der Waals surface area contributed by atoms with Crippen LogP contribution in [0, 0.1) is 0 Å². The summed E-state index contributed by atoms with van der Waals surface area (Å²) in [4.78, 5) is 14.7. The number of carbonyl (C=O) groups is 1. The van der Waals surface area contributed by atoms with Crippen LogP contribution in [-0.4, -0.2) is 26.5 Å². The van der Waals surface area contributed by atoms with E-state index < -0.39 is 0 Å². The minimum Gasteiger partial charge on any atom is -0.377 e. The zero-order valence-corrected chi connectivity index (χ0v) is 15.1. The molecule has 132 valence electrons. The number of nitrogens with zero attached hydrogens (tertiary/aromatic N) is 1. The van der Waals surface area contributed by atoms with Gasteiger partial charge in [-0.05, 0) is 66.6 Å². The molecule has 1 aliphatic rings. The van der Waals surface area contributed by atoms with Crippen molar-refractivity contribution in [3.05, 3.63) is 64.7 Å². The Morgan fingerprint density at radius 3 is 2.80 bits per heavy atom. The van der Waals surface area contributed by atoms with Crippen LogP contribution in [-0.2, 0) is 13.0 Å². The van der Waals surface area contributed by atoms with Crippen molar-refractivity contribution in [2.45, 2.75) is 31.7 Å². The Morgan fingerprint density at radius 2 is 2.04 bits per heavy atom. The summed E-state index contributed by atoms with van der Waals surface area (Å²) in [5.41, 5.74) is 11.5. The van der Waals surface area contributed by atoms with Gasteiger partial charge in [-0.1, -0.05) is 24.3 Å². The lowest BCUT2D eigenvalue weighted by atomic mass is 9.82. The van der Waals surface area contributed by atoms with Crippen molar-refractivity contribution in [2.75, 3.05) is 25.5 Å². The Labute approximate surface area is 150 Å². The minimum absolute atomic E-state index is 0.0299. The average Bonchev–Trinajstić information content (AvgIpc) is 2.65. The molecular formula is C21H27N3O. The van der Waals surface area contributed by atoms with E-state index in [9.17, 15) is 4.79 Å². The number of fused-ring (bicyclic) bond motifs is 1. The molecule has 0 fully saturated rings. The highest BCUT2D eigenvalue weighted by atomic mass is 16.1. The fraction of sp³-hybridized carbons (Fsp3) is 0.381. The van der Waals surface area contributed by atoms with E-state index in [1.54, 1.807) is 0 Å². The molecule has 1 unspecified atom stereocenters. The van der Waals surface area contributed by atoms with Crippen LogP contribution in [0.2, 0.25) is 0 Å². The fourth-order valence-electron chi connectivity index (χ4n) is 3.66. The van der Waals surface area contributed by atoms with Gasteiger partial charge >= 0.3 is 0 Å². The number of anilines is 1. The predicted molar refractivity (Wildman–Crippen MR) is 103 cm³/mol. The van der Waals surface area contributed by atoms with Gasteiger partial charge < -0.3 is 16.0 Å². The average molecular weight is 337 g/mol. The van der Waals surface area contributed by atoms with Crippen LogP contribution in [0.3, 0.4) is 0 Å². The molecule has 3 N–H and O–H groups in total. The molecule has 2 aromatic rings. The summed E-state index contributed by atoms with van der Waals surface area (Å²) < 4.78 is 0. The van der Waals surface area contributed by atoms with Gasteiger partial charge in [0.1, 0.15) is 0 Å². The third-order valence-corrected chi connectivity index (χ3v) is 5.04. The second kappa shape index (κ2) is 7.70. The van der Waals surface area contributed by atoms with E-state index in [2.05, 4.69) is 22.3 Å². The number of para-hydroxylation sites is 1. The molecule has 25 heavy (non-hydrogen) atoms. The van der Waals surface area contributed by atoms with Crippen LogP contribution in [0.25, 0.3) is 0 Å². The number of amides is 1. The third kappa shape index (κ3) is 3.85. The van der Waals surface area contributed by atoms with Crippen molar-refractivity contribution in [1.29, 1.82) is 0 Å². The lowest BCUT2D eigenvalue weighted by Gasteiger charge is -2.25. The van der Waals surface area contributed by atoms with E-state index in [0.29, 0.717) is 19.0 Å². The van der Waals surface area contributed by atoms with Gasteiger partial charge in [-0.3, -0.25) is 4.79 Å². The maximum absolute atomic E-state index is 12.6. The Bertz CT molecular complexity index is 755.